The van der Waals surface area contributed by atoms with Crippen molar-refractivity contribution in [3.8, 4) is 11.5 Å². The lowest BCUT2D eigenvalue weighted by Crippen LogP contribution is -2.26. The van der Waals surface area contributed by atoms with Crippen molar-refractivity contribution in [2.24, 2.45) is 5.10 Å². The Kier molecular flexibility index (Phi) is 6.69. The Morgan fingerprint density at radius 1 is 1.12 bits per heavy atom. The van der Waals surface area contributed by atoms with E-state index in [0.717, 1.165) is 10.5 Å². The van der Waals surface area contributed by atoms with Crippen LogP contribution in [0.2, 0.25) is 0 Å². The Hall–Kier alpha value is -2.47. The van der Waals surface area contributed by atoms with Gasteiger partial charge in [-0.1, -0.05) is 18.2 Å². The van der Waals surface area contributed by atoms with Gasteiger partial charge in [-0.05, 0) is 42.8 Å². The van der Waals surface area contributed by atoms with Gasteiger partial charge in [-0.3, -0.25) is 4.79 Å². The molecule has 2 aromatic rings. The molecule has 1 N–H and O–H groups in total. The van der Waals surface area contributed by atoms with E-state index >= 15 is 0 Å². The molecule has 0 saturated carbocycles. The monoisotopic (exact) mass is 344 g/mol. The molecule has 5 nitrogen and oxygen atoms in total. The van der Waals surface area contributed by atoms with Gasteiger partial charge in [0.05, 0.1) is 25.7 Å². The van der Waals surface area contributed by atoms with Crippen molar-refractivity contribution in [1.82, 2.24) is 5.43 Å². The van der Waals surface area contributed by atoms with Crippen molar-refractivity contribution in [3.05, 3.63) is 54.1 Å². The van der Waals surface area contributed by atoms with Gasteiger partial charge in [0.15, 0.2) is 11.5 Å². The number of rotatable bonds is 7. The van der Waals surface area contributed by atoms with Gasteiger partial charge < -0.3 is 9.47 Å². The third kappa shape index (κ3) is 5.03. The molecule has 24 heavy (non-hydrogen) atoms. The molecule has 0 bridgehead atoms. The highest BCUT2D eigenvalue weighted by molar-refractivity contribution is 8.00. The number of thioether (sulfide) groups is 1. The zero-order valence-corrected chi connectivity index (χ0v) is 14.7. The van der Waals surface area contributed by atoms with Crippen LogP contribution in [0.5, 0.6) is 11.5 Å². The molecule has 6 heteroatoms. The predicted octanol–water partition coefficient (Wildman–Crippen LogP) is 3.33. The number of hydrogen-bond donors (Lipinski definition) is 1. The van der Waals surface area contributed by atoms with Gasteiger partial charge in [0.2, 0.25) is 0 Å². The molecule has 0 fully saturated rings. The molecule has 0 saturated heterocycles. The van der Waals surface area contributed by atoms with E-state index in [1.807, 2.05) is 43.3 Å². The predicted molar refractivity (Wildman–Crippen MR) is 97.0 cm³/mol. The summed E-state index contributed by atoms with van der Waals surface area (Å²) in [6, 6.07) is 15.2. The van der Waals surface area contributed by atoms with Gasteiger partial charge in [-0.15, -0.1) is 11.8 Å². The first-order valence-electron chi connectivity index (χ1n) is 7.40. The van der Waals surface area contributed by atoms with Crippen molar-refractivity contribution >= 4 is 23.9 Å². The van der Waals surface area contributed by atoms with Crippen molar-refractivity contribution in [2.75, 3.05) is 14.2 Å². The number of benzene rings is 2. The minimum absolute atomic E-state index is 0.152. The van der Waals surface area contributed by atoms with Crippen LogP contribution >= 0.6 is 11.8 Å². The summed E-state index contributed by atoms with van der Waals surface area (Å²) in [5.41, 5.74) is 3.36. The lowest BCUT2D eigenvalue weighted by atomic mass is 10.2. The number of nitrogens with zero attached hydrogens (tertiary/aromatic N) is 1. The number of nitrogens with one attached hydrogen (secondary N) is 1. The van der Waals surface area contributed by atoms with Crippen LogP contribution in [0.3, 0.4) is 0 Å². The number of methoxy groups -OCH3 is 2. The first-order chi connectivity index (χ1) is 11.6. The summed E-state index contributed by atoms with van der Waals surface area (Å²) in [6.07, 6.45) is 1.57. The lowest BCUT2D eigenvalue weighted by Gasteiger charge is -2.09. The van der Waals surface area contributed by atoms with Crippen molar-refractivity contribution in [1.29, 1.82) is 0 Å². The van der Waals surface area contributed by atoms with Gasteiger partial charge in [0.1, 0.15) is 0 Å². The highest BCUT2D eigenvalue weighted by Gasteiger charge is 2.13. The summed E-state index contributed by atoms with van der Waals surface area (Å²) in [6.45, 7) is 1.85. The molecule has 0 spiro atoms. The van der Waals surface area contributed by atoms with Crippen LogP contribution in [-0.4, -0.2) is 31.6 Å². The van der Waals surface area contributed by atoms with Crippen LogP contribution in [-0.2, 0) is 4.79 Å². The maximum Gasteiger partial charge on any atom is 0.253 e. The molecule has 1 amide bonds. The molecule has 2 rings (SSSR count). The molecule has 0 radical (unpaired) electrons. The number of carbonyl (C=O) groups excluding carboxylic acids is 1. The Bertz CT molecular complexity index is 705. The molecule has 2 aromatic carbocycles. The number of hydrogen-bond acceptors (Lipinski definition) is 5. The maximum absolute atomic E-state index is 12.1. The summed E-state index contributed by atoms with van der Waals surface area (Å²) in [5.74, 6) is 1.10. The van der Waals surface area contributed by atoms with Crippen molar-refractivity contribution < 1.29 is 14.3 Å². The maximum atomic E-state index is 12.1. The van der Waals surface area contributed by atoms with Crippen LogP contribution in [0.25, 0.3) is 0 Å². The summed E-state index contributed by atoms with van der Waals surface area (Å²) in [7, 11) is 3.15. The summed E-state index contributed by atoms with van der Waals surface area (Å²) in [4.78, 5) is 13.1. The SMILES string of the molecule is COc1ccc(/C=N\NC(=O)[C@@H](C)Sc2ccccc2)cc1OC. The van der Waals surface area contributed by atoms with Gasteiger partial charge in [0.25, 0.3) is 5.91 Å². The highest BCUT2D eigenvalue weighted by Crippen LogP contribution is 2.27. The van der Waals surface area contributed by atoms with E-state index in [9.17, 15) is 4.79 Å². The summed E-state index contributed by atoms with van der Waals surface area (Å²) >= 11 is 1.49. The third-order valence-electron chi connectivity index (χ3n) is 3.22. The molecule has 0 aliphatic rings. The Morgan fingerprint density at radius 3 is 2.50 bits per heavy atom. The van der Waals surface area contributed by atoms with Gasteiger partial charge >= 0.3 is 0 Å². The topological polar surface area (TPSA) is 59.9 Å². The van der Waals surface area contributed by atoms with Gasteiger partial charge in [-0.2, -0.15) is 5.10 Å². The molecule has 0 aromatic heterocycles. The second-order valence-corrected chi connectivity index (χ2v) is 6.34. The zero-order chi connectivity index (χ0) is 17.4. The zero-order valence-electron chi connectivity index (χ0n) is 13.9. The van der Waals surface area contributed by atoms with E-state index in [1.54, 1.807) is 32.6 Å². The van der Waals surface area contributed by atoms with Crippen LogP contribution in [0.1, 0.15) is 12.5 Å². The average Bonchev–Trinajstić information content (AvgIpc) is 2.62. The Labute approximate surface area is 146 Å². The minimum atomic E-state index is -0.241. The van der Waals surface area contributed by atoms with E-state index in [1.165, 1.54) is 11.8 Å². The Balaban J connectivity index is 1.92. The fraction of sp³-hybridized carbons (Fsp3) is 0.222. The standard InChI is InChI=1S/C18H20N2O3S/c1-13(24-15-7-5-4-6-8-15)18(21)20-19-12-14-9-10-16(22-2)17(11-14)23-3/h4-13H,1-3H3,(H,20,21)/b19-12-/t13-/m1/s1. The van der Waals surface area contributed by atoms with Crippen LogP contribution < -0.4 is 14.9 Å². The van der Waals surface area contributed by atoms with Crippen molar-refractivity contribution in [3.63, 3.8) is 0 Å². The average molecular weight is 344 g/mol. The van der Waals surface area contributed by atoms with E-state index in [0.29, 0.717) is 11.5 Å². The second-order valence-electron chi connectivity index (χ2n) is 4.92. The fourth-order valence-corrected chi connectivity index (χ4v) is 2.83. The van der Waals surface area contributed by atoms with E-state index in [-0.39, 0.29) is 11.2 Å². The van der Waals surface area contributed by atoms with Crippen molar-refractivity contribution in [2.45, 2.75) is 17.1 Å². The number of ether oxygens (including phenoxy) is 2. The summed E-state index contributed by atoms with van der Waals surface area (Å²) < 4.78 is 10.4. The van der Waals surface area contributed by atoms with E-state index in [4.69, 9.17) is 9.47 Å². The normalized spacial score (nSPS) is 12.0. The molecule has 126 valence electrons. The van der Waals surface area contributed by atoms with Crippen LogP contribution in [0.15, 0.2) is 58.5 Å². The second kappa shape index (κ2) is 8.98. The fourth-order valence-electron chi connectivity index (χ4n) is 1.95. The summed E-state index contributed by atoms with van der Waals surface area (Å²) in [5, 5.41) is 3.76. The first kappa shape index (κ1) is 17.9. The van der Waals surface area contributed by atoms with Gasteiger partial charge in [-0.25, -0.2) is 5.43 Å². The number of carbonyl (C=O) groups is 1. The highest BCUT2D eigenvalue weighted by atomic mass is 32.2. The quantitative estimate of drug-likeness (QED) is 0.475. The first-order valence-corrected chi connectivity index (χ1v) is 8.28. The molecule has 1 atom stereocenters. The molecular formula is C18H20N2O3S. The largest absolute Gasteiger partial charge is 0.493 e. The van der Waals surface area contributed by atoms with E-state index < -0.39 is 0 Å². The van der Waals surface area contributed by atoms with E-state index in [2.05, 4.69) is 10.5 Å². The smallest absolute Gasteiger partial charge is 0.253 e. The molecule has 0 unspecified atom stereocenters. The number of amides is 1. The number of hydrazone groups is 1. The molecule has 0 aliphatic carbocycles. The van der Waals surface area contributed by atoms with Crippen LogP contribution in [0.4, 0.5) is 0 Å². The Morgan fingerprint density at radius 2 is 1.83 bits per heavy atom. The minimum Gasteiger partial charge on any atom is -0.493 e. The third-order valence-corrected chi connectivity index (χ3v) is 4.33. The molecular weight excluding hydrogens is 324 g/mol. The van der Waals surface area contributed by atoms with Crippen LogP contribution in [0, 0.1) is 0 Å². The molecule has 0 heterocycles. The van der Waals surface area contributed by atoms with Gasteiger partial charge in [0, 0.05) is 4.90 Å². The molecule has 0 aliphatic heterocycles. The lowest BCUT2D eigenvalue weighted by molar-refractivity contribution is -0.120.